The number of aliphatic hydroxyl groups is 1. The molecule has 0 spiro atoms. The van der Waals surface area contributed by atoms with Gasteiger partial charge in [0.05, 0.1) is 6.54 Å². The van der Waals surface area contributed by atoms with Crippen molar-refractivity contribution in [2.75, 3.05) is 11.9 Å². The van der Waals surface area contributed by atoms with E-state index in [0.717, 1.165) is 4.68 Å². The van der Waals surface area contributed by atoms with E-state index in [0.29, 0.717) is 17.0 Å². The number of aliphatic hydroxyl groups excluding tert-OH is 1. The molecule has 0 aliphatic carbocycles. The molecule has 0 saturated carbocycles. The summed E-state index contributed by atoms with van der Waals surface area (Å²) >= 11 is 0. The van der Waals surface area contributed by atoms with Crippen LogP contribution in [0.1, 0.15) is 6.92 Å². The number of rotatable bonds is 7. The third-order valence-electron chi connectivity index (χ3n) is 3.63. The largest absolute Gasteiger partial charge is 0.491 e. The monoisotopic (exact) mass is 369 g/mol. The lowest BCUT2D eigenvalue weighted by Gasteiger charge is -2.12. The topological polar surface area (TPSA) is 107 Å². The molecule has 3 aromatic rings. The second-order valence-corrected chi connectivity index (χ2v) is 5.89. The van der Waals surface area contributed by atoms with Crippen LogP contribution in [0.2, 0.25) is 0 Å². The number of nitrogens with zero attached hydrogens (tertiary/aromatic N) is 2. The quantitative estimate of drug-likeness (QED) is 0.659. The lowest BCUT2D eigenvalue weighted by Crippen LogP contribution is -2.29. The van der Waals surface area contributed by atoms with Gasteiger partial charge in [-0.3, -0.25) is 4.79 Å². The zero-order valence-corrected chi connectivity index (χ0v) is 14.7. The number of hydrogen-bond acceptors (Lipinski definition) is 6. The molecule has 140 valence electrons. The molecule has 0 aliphatic heterocycles. The first-order valence-corrected chi connectivity index (χ1v) is 8.33. The molecule has 8 heteroatoms. The molecular formula is C19H19N3O5. The lowest BCUT2D eigenvalue weighted by atomic mass is 10.2. The van der Waals surface area contributed by atoms with Crippen LogP contribution in [0.25, 0.3) is 11.5 Å². The van der Waals surface area contributed by atoms with E-state index >= 15 is 0 Å². The predicted octanol–water partition coefficient (Wildman–Crippen LogP) is 1.90. The lowest BCUT2D eigenvalue weighted by molar-refractivity contribution is -0.114. The molecule has 1 amide bonds. The Morgan fingerprint density at radius 1 is 1.22 bits per heavy atom. The van der Waals surface area contributed by atoms with Gasteiger partial charge in [-0.25, -0.2) is 4.79 Å². The highest BCUT2D eigenvalue weighted by Gasteiger charge is 2.14. The van der Waals surface area contributed by atoms with Gasteiger partial charge in [-0.1, -0.05) is 18.2 Å². The zero-order valence-electron chi connectivity index (χ0n) is 14.7. The maximum absolute atomic E-state index is 11.9. The number of ether oxygens (including phenoxy) is 1. The number of aromatic nitrogens is 2. The fourth-order valence-electron chi connectivity index (χ4n) is 2.40. The maximum Gasteiger partial charge on any atom is 0.437 e. The maximum atomic E-state index is 11.9. The molecule has 0 aliphatic rings. The van der Waals surface area contributed by atoms with E-state index in [-0.39, 0.29) is 24.9 Å². The van der Waals surface area contributed by atoms with Gasteiger partial charge in [-0.15, -0.1) is 5.10 Å². The summed E-state index contributed by atoms with van der Waals surface area (Å²) in [6.07, 6.45) is -0.952. The fraction of sp³-hybridized carbons (Fsp3) is 0.211. The van der Waals surface area contributed by atoms with Gasteiger partial charge in [0.1, 0.15) is 18.5 Å². The number of anilines is 1. The van der Waals surface area contributed by atoms with Crippen molar-refractivity contribution >= 4 is 11.6 Å². The van der Waals surface area contributed by atoms with E-state index in [1.165, 1.54) is 6.92 Å². The van der Waals surface area contributed by atoms with Crippen molar-refractivity contribution < 1.29 is 19.1 Å². The molecule has 1 aromatic heterocycles. The molecule has 2 aromatic carbocycles. The molecule has 0 radical (unpaired) electrons. The third kappa shape index (κ3) is 5.05. The molecule has 1 heterocycles. The smallest absolute Gasteiger partial charge is 0.437 e. The Morgan fingerprint density at radius 2 is 1.93 bits per heavy atom. The van der Waals surface area contributed by atoms with E-state index in [4.69, 9.17) is 9.15 Å². The minimum atomic E-state index is -0.952. The van der Waals surface area contributed by atoms with Gasteiger partial charge in [0, 0.05) is 18.2 Å². The van der Waals surface area contributed by atoms with Crippen LogP contribution in [0.3, 0.4) is 0 Å². The molecule has 0 saturated heterocycles. The zero-order chi connectivity index (χ0) is 19.2. The van der Waals surface area contributed by atoms with Crippen molar-refractivity contribution in [3.05, 3.63) is 65.1 Å². The van der Waals surface area contributed by atoms with Crippen LogP contribution in [0.5, 0.6) is 5.75 Å². The van der Waals surface area contributed by atoms with E-state index in [2.05, 4.69) is 10.4 Å². The summed E-state index contributed by atoms with van der Waals surface area (Å²) in [7, 11) is 0. The number of benzene rings is 2. The van der Waals surface area contributed by atoms with Gasteiger partial charge in [-0.05, 0) is 36.4 Å². The van der Waals surface area contributed by atoms with Crippen molar-refractivity contribution in [1.82, 2.24) is 9.78 Å². The normalized spacial score (nSPS) is 11.8. The molecular weight excluding hydrogens is 350 g/mol. The molecule has 0 fully saturated rings. The number of carbonyl (C=O) groups is 1. The number of nitrogens with one attached hydrogen (secondary N) is 1. The highest BCUT2D eigenvalue weighted by Crippen LogP contribution is 2.16. The Labute approximate surface area is 155 Å². The SMILES string of the molecule is CC(=O)Nc1ccc(OCC(O)Cn2nc(-c3ccccc3)oc2=O)cc1. The second-order valence-electron chi connectivity index (χ2n) is 5.89. The van der Waals surface area contributed by atoms with Gasteiger partial charge in [-0.2, -0.15) is 4.68 Å². The number of hydrogen-bond donors (Lipinski definition) is 2. The molecule has 1 atom stereocenters. The summed E-state index contributed by atoms with van der Waals surface area (Å²) in [5, 5.41) is 16.9. The van der Waals surface area contributed by atoms with Gasteiger partial charge in [0.15, 0.2) is 0 Å². The summed E-state index contributed by atoms with van der Waals surface area (Å²) in [6.45, 7) is 1.34. The van der Waals surface area contributed by atoms with Gasteiger partial charge < -0.3 is 19.6 Å². The first kappa shape index (κ1) is 18.4. The summed E-state index contributed by atoms with van der Waals surface area (Å²) < 4.78 is 11.7. The number of amides is 1. The Morgan fingerprint density at radius 3 is 2.59 bits per heavy atom. The number of carbonyl (C=O) groups excluding carboxylic acids is 1. The third-order valence-corrected chi connectivity index (χ3v) is 3.63. The molecule has 0 bridgehead atoms. The van der Waals surface area contributed by atoms with E-state index < -0.39 is 11.9 Å². The van der Waals surface area contributed by atoms with E-state index in [1.807, 2.05) is 18.2 Å². The van der Waals surface area contributed by atoms with Gasteiger partial charge in [0.2, 0.25) is 11.8 Å². The Bertz CT molecular complexity index is 947. The van der Waals surface area contributed by atoms with Gasteiger partial charge >= 0.3 is 5.76 Å². The predicted molar refractivity (Wildman–Crippen MR) is 98.4 cm³/mol. The minimum Gasteiger partial charge on any atom is -0.491 e. The van der Waals surface area contributed by atoms with Gasteiger partial charge in [0.25, 0.3) is 0 Å². The van der Waals surface area contributed by atoms with Crippen LogP contribution in [0.4, 0.5) is 5.69 Å². The van der Waals surface area contributed by atoms with Crippen LogP contribution in [0, 0.1) is 0 Å². The van der Waals surface area contributed by atoms with Crippen LogP contribution < -0.4 is 15.8 Å². The van der Waals surface area contributed by atoms with Crippen LogP contribution in [0.15, 0.2) is 63.8 Å². The van der Waals surface area contributed by atoms with E-state index in [1.54, 1.807) is 36.4 Å². The summed E-state index contributed by atoms with van der Waals surface area (Å²) in [5.74, 6) is -0.0810. The first-order valence-electron chi connectivity index (χ1n) is 8.33. The molecule has 2 N–H and O–H groups in total. The molecule has 8 nitrogen and oxygen atoms in total. The summed E-state index contributed by atoms with van der Waals surface area (Å²) in [5.41, 5.74) is 1.33. The van der Waals surface area contributed by atoms with Crippen molar-refractivity contribution in [2.45, 2.75) is 19.6 Å². The molecule has 27 heavy (non-hydrogen) atoms. The highest BCUT2D eigenvalue weighted by atomic mass is 16.5. The van der Waals surface area contributed by atoms with Crippen LogP contribution in [-0.4, -0.2) is 33.5 Å². The molecule has 3 rings (SSSR count). The van der Waals surface area contributed by atoms with Crippen molar-refractivity contribution in [3.8, 4) is 17.2 Å². The molecule has 1 unspecified atom stereocenters. The van der Waals surface area contributed by atoms with Crippen molar-refractivity contribution in [3.63, 3.8) is 0 Å². The highest BCUT2D eigenvalue weighted by molar-refractivity contribution is 5.88. The Balaban J connectivity index is 1.56. The van der Waals surface area contributed by atoms with Crippen LogP contribution >= 0.6 is 0 Å². The minimum absolute atomic E-state index is 0.0283. The van der Waals surface area contributed by atoms with E-state index in [9.17, 15) is 14.7 Å². The first-order chi connectivity index (χ1) is 13.0. The average molecular weight is 369 g/mol. The standard InChI is InChI=1S/C19H19N3O5/c1-13(23)20-15-7-9-17(10-8-15)26-12-16(24)11-22-19(25)27-18(21-22)14-5-3-2-4-6-14/h2-10,16,24H,11-12H2,1H3,(H,20,23). The fourth-order valence-corrected chi connectivity index (χ4v) is 2.40. The second kappa shape index (κ2) is 8.33. The van der Waals surface area contributed by atoms with Crippen LogP contribution in [-0.2, 0) is 11.3 Å². The Kier molecular flexibility index (Phi) is 5.68. The summed E-state index contributed by atoms with van der Waals surface area (Å²) in [6, 6.07) is 15.8. The summed E-state index contributed by atoms with van der Waals surface area (Å²) in [4.78, 5) is 22.9. The Hall–Kier alpha value is -3.39. The van der Waals surface area contributed by atoms with Crippen molar-refractivity contribution in [2.24, 2.45) is 0 Å². The average Bonchev–Trinajstić information content (AvgIpc) is 3.02. The van der Waals surface area contributed by atoms with Crippen molar-refractivity contribution in [1.29, 1.82) is 0 Å².